The smallest absolute Gasteiger partial charge is 0.224 e. The van der Waals surface area contributed by atoms with E-state index >= 15 is 0 Å². The Morgan fingerprint density at radius 1 is 1.31 bits per heavy atom. The average Bonchev–Trinajstić information content (AvgIpc) is 3.03. The van der Waals surface area contributed by atoms with Crippen LogP contribution in [0.5, 0.6) is 0 Å². The maximum Gasteiger partial charge on any atom is 0.224 e. The Morgan fingerprint density at radius 2 is 2.04 bits per heavy atom. The summed E-state index contributed by atoms with van der Waals surface area (Å²) in [5, 5.41) is 2.95. The molecular formula is C19H23FN4O2. The lowest BCUT2D eigenvalue weighted by Crippen LogP contribution is -2.45. The highest BCUT2D eigenvalue weighted by molar-refractivity contribution is 5.79. The van der Waals surface area contributed by atoms with Crippen molar-refractivity contribution in [3.05, 3.63) is 53.9 Å². The molecule has 0 aliphatic carbocycles. The van der Waals surface area contributed by atoms with Crippen LogP contribution in [0.25, 0.3) is 0 Å². The monoisotopic (exact) mass is 358 g/mol. The minimum atomic E-state index is -0.318. The predicted octanol–water partition coefficient (Wildman–Crippen LogP) is 1.83. The van der Waals surface area contributed by atoms with E-state index in [0.717, 1.165) is 11.4 Å². The van der Waals surface area contributed by atoms with Crippen LogP contribution in [-0.4, -0.2) is 39.9 Å². The molecule has 1 aliphatic heterocycles. The second-order valence-corrected chi connectivity index (χ2v) is 6.75. The lowest BCUT2D eigenvalue weighted by molar-refractivity contribution is -0.137. The SMILES string of the molecule is CN1C(=O)CC[C@H](CNC(=O)Cc2ccc(F)cc2)[C@H]1c1nccn1C. The molecule has 2 atom stereocenters. The van der Waals surface area contributed by atoms with Crippen molar-refractivity contribution in [2.24, 2.45) is 13.0 Å². The number of amides is 2. The molecule has 7 heteroatoms. The lowest BCUT2D eigenvalue weighted by Gasteiger charge is -2.38. The van der Waals surface area contributed by atoms with Gasteiger partial charge in [-0.3, -0.25) is 9.59 Å². The number of carbonyl (C=O) groups excluding carboxylic acids is 2. The third-order valence-electron chi connectivity index (χ3n) is 4.95. The Kier molecular flexibility index (Phi) is 5.35. The third kappa shape index (κ3) is 3.92. The predicted molar refractivity (Wildman–Crippen MR) is 94.6 cm³/mol. The molecule has 26 heavy (non-hydrogen) atoms. The van der Waals surface area contributed by atoms with Crippen LogP contribution in [-0.2, 0) is 23.1 Å². The third-order valence-corrected chi connectivity index (χ3v) is 4.95. The van der Waals surface area contributed by atoms with Gasteiger partial charge in [0.2, 0.25) is 11.8 Å². The van der Waals surface area contributed by atoms with E-state index in [2.05, 4.69) is 10.3 Å². The summed E-state index contributed by atoms with van der Waals surface area (Å²) in [6.45, 7) is 0.467. The van der Waals surface area contributed by atoms with Gasteiger partial charge in [0, 0.05) is 45.4 Å². The van der Waals surface area contributed by atoms with Crippen LogP contribution in [0, 0.1) is 11.7 Å². The number of nitrogens with zero attached hydrogens (tertiary/aromatic N) is 3. The number of hydrogen-bond acceptors (Lipinski definition) is 3. The summed E-state index contributed by atoms with van der Waals surface area (Å²) in [7, 11) is 3.69. The molecule has 1 aliphatic rings. The number of aryl methyl sites for hydroxylation is 1. The molecule has 1 fully saturated rings. The molecule has 0 saturated carbocycles. The van der Waals surface area contributed by atoms with E-state index in [0.29, 0.717) is 19.4 Å². The Morgan fingerprint density at radius 3 is 2.69 bits per heavy atom. The fraction of sp³-hybridized carbons (Fsp3) is 0.421. The van der Waals surface area contributed by atoms with E-state index in [1.165, 1.54) is 12.1 Å². The molecule has 1 saturated heterocycles. The van der Waals surface area contributed by atoms with E-state index in [9.17, 15) is 14.0 Å². The maximum atomic E-state index is 13.0. The summed E-state index contributed by atoms with van der Waals surface area (Å²) < 4.78 is 14.9. The summed E-state index contributed by atoms with van der Waals surface area (Å²) in [6, 6.07) is 5.75. The number of rotatable bonds is 5. The number of piperidine rings is 1. The van der Waals surface area contributed by atoms with Crippen LogP contribution in [0.1, 0.15) is 30.3 Å². The fourth-order valence-corrected chi connectivity index (χ4v) is 3.47. The highest BCUT2D eigenvalue weighted by atomic mass is 19.1. The Labute approximate surface area is 152 Å². The largest absolute Gasteiger partial charge is 0.355 e. The zero-order valence-corrected chi connectivity index (χ0v) is 15.0. The summed E-state index contributed by atoms with van der Waals surface area (Å²) in [6.07, 6.45) is 4.95. The first-order chi connectivity index (χ1) is 12.5. The zero-order chi connectivity index (χ0) is 18.7. The molecule has 0 bridgehead atoms. The van der Waals surface area contributed by atoms with Crippen LogP contribution in [0.4, 0.5) is 4.39 Å². The molecular weight excluding hydrogens is 335 g/mol. The van der Waals surface area contributed by atoms with E-state index < -0.39 is 0 Å². The van der Waals surface area contributed by atoms with Crippen LogP contribution in [0.15, 0.2) is 36.7 Å². The molecule has 0 spiro atoms. The van der Waals surface area contributed by atoms with Crippen molar-refractivity contribution in [2.45, 2.75) is 25.3 Å². The topological polar surface area (TPSA) is 67.2 Å². The second-order valence-electron chi connectivity index (χ2n) is 6.75. The number of imidazole rings is 1. The molecule has 0 unspecified atom stereocenters. The van der Waals surface area contributed by atoms with Gasteiger partial charge in [0.25, 0.3) is 0 Å². The number of aromatic nitrogens is 2. The molecule has 1 aromatic carbocycles. The van der Waals surface area contributed by atoms with Crippen molar-refractivity contribution in [3.63, 3.8) is 0 Å². The Bertz CT molecular complexity index is 787. The van der Waals surface area contributed by atoms with Crippen LogP contribution < -0.4 is 5.32 Å². The van der Waals surface area contributed by atoms with Crippen molar-refractivity contribution in [2.75, 3.05) is 13.6 Å². The molecule has 1 N–H and O–H groups in total. The summed E-state index contributed by atoms with van der Waals surface area (Å²) in [4.78, 5) is 30.5. The van der Waals surface area contributed by atoms with Gasteiger partial charge in [-0.2, -0.15) is 0 Å². The molecule has 2 amide bonds. The van der Waals surface area contributed by atoms with Gasteiger partial charge in [-0.15, -0.1) is 0 Å². The zero-order valence-electron chi connectivity index (χ0n) is 15.0. The van der Waals surface area contributed by atoms with Crippen molar-refractivity contribution in [1.29, 1.82) is 0 Å². The molecule has 0 radical (unpaired) electrons. The molecule has 3 rings (SSSR count). The van der Waals surface area contributed by atoms with Gasteiger partial charge in [-0.25, -0.2) is 9.37 Å². The minimum absolute atomic E-state index is 0.0897. The van der Waals surface area contributed by atoms with E-state index in [4.69, 9.17) is 0 Å². The van der Waals surface area contributed by atoms with Gasteiger partial charge >= 0.3 is 0 Å². The first-order valence-electron chi connectivity index (χ1n) is 8.69. The highest BCUT2D eigenvalue weighted by Crippen LogP contribution is 2.34. The van der Waals surface area contributed by atoms with E-state index in [1.54, 1.807) is 30.3 Å². The fourth-order valence-electron chi connectivity index (χ4n) is 3.47. The number of hydrogen-bond donors (Lipinski definition) is 1. The second kappa shape index (κ2) is 7.68. The van der Waals surface area contributed by atoms with Crippen LogP contribution in [0.2, 0.25) is 0 Å². The van der Waals surface area contributed by atoms with E-state index in [-0.39, 0.29) is 36.0 Å². The van der Waals surface area contributed by atoms with Gasteiger partial charge in [0.15, 0.2) is 0 Å². The Balaban J connectivity index is 1.65. The molecule has 2 heterocycles. The highest BCUT2D eigenvalue weighted by Gasteiger charge is 2.36. The first-order valence-corrected chi connectivity index (χ1v) is 8.69. The van der Waals surface area contributed by atoms with Crippen molar-refractivity contribution < 1.29 is 14.0 Å². The lowest BCUT2D eigenvalue weighted by atomic mass is 9.88. The van der Waals surface area contributed by atoms with Crippen LogP contribution in [0.3, 0.4) is 0 Å². The number of carbonyl (C=O) groups is 2. The van der Waals surface area contributed by atoms with Crippen molar-refractivity contribution in [3.8, 4) is 0 Å². The van der Waals surface area contributed by atoms with Crippen LogP contribution >= 0.6 is 0 Å². The van der Waals surface area contributed by atoms with Gasteiger partial charge in [-0.05, 0) is 24.1 Å². The summed E-state index contributed by atoms with van der Waals surface area (Å²) >= 11 is 0. The van der Waals surface area contributed by atoms with Crippen molar-refractivity contribution in [1.82, 2.24) is 19.8 Å². The Hall–Kier alpha value is -2.70. The molecule has 1 aromatic heterocycles. The van der Waals surface area contributed by atoms with Crippen molar-refractivity contribution >= 4 is 11.8 Å². The van der Waals surface area contributed by atoms with Gasteiger partial charge < -0.3 is 14.8 Å². The van der Waals surface area contributed by atoms with E-state index in [1.807, 2.05) is 17.8 Å². The number of nitrogens with one attached hydrogen (secondary N) is 1. The average molecular weight is 358 g/mol. The minimum Gasteiger partial charge on any atom is -0.355 e. The molecule has 138 valence electrons. The van der Waals surface area contributed by atoms with Gasteiger partial charge in [0.1, 0.15) is 11.6 Å². The first kappa shape index (κ1) is 18.1. The normalized spacial score (nSPS) is 20.3. The molecule has 6 nitrogen and oxygen atoms in total. The number of halogens is 1. The van der Waals surface area contributed by atoms with Gasteiger partial charge in [-0.1, -0.05) is 12.1 Å². The number of likely N-dealkylation sites (tertiary alicyclic amines) is 1. The standard InChI is InChI=1S/C19H23FN4O2/c1-23-10-9-21-19(23)18-14(5-8-17(26)24(18)2)12-22-16(25)11-13-3-6-15(20)7-4-13/h3-4,6-7,9-10,14,18H,5,8,11-12H2,1-2H3,(H,22,25)/t14-,18+/m1/s1. The number of benzene rings is 1. The summed E-state index contributed by atoms with van der Waals surface area (Å²) in [5.41, 5.74) is 0.764. The van der Waals surface area contributed by atoms with Gasteiger partial charge in [0.05, 0.1) is 12.5 Å². The molecule has 2 aromatic rings. The summed E-state index contributed by atoms with van der Waals surface area (Å²) in [5.74, 6) is 0.568. The maximum absolute atomic E-state index is 13.0. The quantitative estimate of drug-likeness (QED) is 0.887.